The second-order valence-electron chi connectivity index (χ2n) is 23.6. The summed E-state index contributed by atoms with van der Waals surface area (Å²) in [5, 5.41) is 54.5. The summed E-state index contributed by atoms with van der Waals surface area (Å²) >= 11 is 0. The molecule has 6 N–H and O–H groups in total. The Labute approximate surface area is 487 Å². The third-order valence-corrected chi connectivity index (χ3v) is 16.0. The molecule has 1 aliphatic rings. The van der Waals surface area contributed by atoms with E-state index in [2.05, 4.69) is 67.8 Å². The Balaban J connectivity index is 2.03. The topological polar surface area (TPSA) is 149 Å². The molecule has 0 aliphatic carbocycles. The van der Waals surface area contributed by atoms with E-state index in [9.17, 15) is 30.3 Å². The first kappa shape index (κ1) is 74.9. The molecule has 0 aromatic carbocycles. The van der Waals surface area contributed by atoms with Gasteiger partial charge in [-0.05, 0) is 77.0 Å². The van der Waals surface area contributed by atoms with E-state index in [1.165, 1.54) is 244 Å². The lowest BCUT2D eigenvalue weighted by Gasteiger charge is -2.40. The van der Waals surface area contributed by atoms with Crippen LogP contribution >= 0.6 is 0 Å². The van der Waals surface area contributed by atoms with Crippen molar-refractivity contribution >= 4 is 5.91 Å². The lowest BCUT2D eigenvalue weighted by Crippen LogP contribution is -2.60. The number of carbonyl (C=O) groups is 1. The van der Waals surface area contributed by atoms with Gasteiger partial charge in [0.05, 0.1) is 25.4 Å². The van der Waals surface area contributed by atoms with Gasteiger partial charge in [-0.15, -0.1) is 0 Å². The minimum absolute atomic E-state index is 0.187. The number of allylic oxidation sites excluding steroid dienone is 9. The van der Waals surface area contributed by atoms with Gasteiger partial charge < -0.3 is 40.3 Å². The number of unbranched alkanes of at least 4 members (excludes halogenated alkanes) is 41. The fourth-order valence-corrected chi connectivity index (χ4v) is 10.7. The average Bonchev–Trinajstić information content (AvgIpc) is 3.46. The molecule has 0 radical (unpaired) electrons. The van der Waals surface area contributed by atoms with Crippen molar-refractivity contribution in [3.63, 3.8) is 0 Å². The normalized spacial score (nSPS) is 18.9. The van der Waals surface area contributed by atoms with Crippen molar-refractivity contribution in [2.24, 2.45) is 0 Å². The van der Waals surface area contributed by atoms with E-state index >= 15 is 0 Å². The molecular weight excluding hydrogens is 983 g/mol. The molecule has 1 rings (SSSR count). The molecule has 9 heteroatoms. The lowest BCUT2D eigenvalue weighted by molar-refractivity contribution is -0.302. The van der Waals surface area contributed by atoms with E-state index in [0.29, 0.717) is 6.42 Å². The first-order valence-corrected chi connectivity index (χ1v) is 34.0. The van der Waals surface area contributed by atoms with Crippen LogP contribution in [0.15, 0.2) is 60.8 Å². The van der Waals surface area contributed by atoms with Crippen molar-refractivity contribution in [1.82, 2.24) is 5.32 Å². The first-order chi connectivity index (χ1) is 38.8. The maximum atomic E-state index is 13.1. The molecular formula is C70H129NO8. The number of amides is 1. The standard InChI is InChI=1S/C70H129NO8/c1-3-5-7-9-11-13-15-17-19-20-21-22-23-24-25-26-27-28-29-30-31-32-33-34-35-36-37-38-39-40-41-42-43-44-46-48-50-52-54-56-58-60-66(74)71-63(62-78-70-69(77)68(76)67(75)65(61-72)79-70)64(73)59-57-55-53-51-49-47-45-18-16-14-12-10-8-6-4-2/h15-18,20-21,49,51,57,59,63-65,67-70,72-73,75-77H,3-14,19,22-48,50,52-56,58,60-62H2,1-2H3,(H,71,74)/b17-15-,18-16+,21-20-,51-49+,59-57+. The fraction of sp³-hybridized carbons (Fsp3) is 0.843. The van der Waals surface area contributed by atoms with Crippen molar-refractivity contribution in [2.75, 3.05) is 13.2 Å². The molecule has 1 amide bonds. The van der Waals surface area contributed by atoms with Gasteiger partial charge in [0.2, 0.25) is 5.91 Å². The highest BCUT2D eigenvalue weighted by Gasteiger charge is 2.44. The number of aliphatic hydroxyl groups excluding tert-OH is 5. The van der Waals surface area contributed by atoms with Crippen molar-refractivity contribution in [3.05, 3.63) is 60.8 Å². The molecule has 0 aromatic heterocycles. The SMILES string of the molecule is CCCCCCC/C=C\C/C=C\CCCCCCCCCCCCCCCCCCCCCCCCCCCCCCCC(=O)NC(COC1OC(CO)C(O)C(O)C1O)C(O)/C=C/CC/C=C/CC/C=C/CCCCCCC. The highest BCUT2D eigenvalue weighted by molar-refractivity contribution is 5.76. The van der Waals surface area contributed by atoms with E-state index < -0.39 is 49.5 Å². The van der Waals surface area contributed by atoms with Crippen molar-refractivity contribution in [2.45, 2.75) is 365 Å². The molecule has 462 valence electrons. The molecule has 1 aliphatic heterocycles. The zero-order valence-electron chi connectivity index (χ0n) is 51.6. The van der Waals surface area contributed by atoms with E-state index in [1.54, 1.807) is 6.08 Å². The van der Waals surface area contributed by atoms with Crippen LogP contribution in [0.25, 0.3) is 0 Å². The lowest BCUT2D eigenvalue weighted by atomic mass is 9.99. The highest BCUT2D eigenvalue weighted by atomic mass is 16.7. The predicted octanol–water partition coefficient (Wildman–Crippen LogP) is 18.2. The zero-order chi connectivity index (χ0) is 57.2. The van der Waals surface area contributed by atoms with Crippen LogP contribution < -0.4 is 5.32 Å². The fourth-order valence-electron chi connectivity index (χ4n) is 10.7. The molecule has 9 nitrogen and oxygen atoms in total. The molecule has 1 heterocycles. The summed E-state index contributed by atoms with van der Waals surface area (Å²) in [5.74, 6) is -0.187. The number of hydrogen-bond acceptors (Lipinski definition) is 8. The van der Waals surface area contributed by atoms with E-state index in [1.807, 2.05) is 6.08 Å². The zero-order valence-corrected chi connectivity index (χ0v) is 51.6. The Bertz CT molecular complexity index is 1430. The van der Waals surface area contributed by atoms with Gasteiger partial charge in [-0.2, -0.15) is 0 Å². The minimum Gasteiger partial charge on any atom is -0.394 e. The summed E-state index contributed by atoms with van der Waals surface area (Å²) in [7, 11) is 0. The third kappa shape index (κ3) is 48.0. The van der Waals surface area contributed by atoms with E-state index in [0.717, 1.165) is 57.8 Å². The predicted molar refractivity (Wildman–Crippen MR) is 336 cm³/mol. The largest absolute Gasteiger partial charge is 0.394 e. The molecule has 1 fully saturated rings. The first-order valence-electron chi connectivity index (χ1n) is 34.0. The van der Waals surface area contributed by atoms with Crippen LogP contribution in [0.5, 0.6) is 0 Å². The summed E-state index contributed by atoms with van der Waals surface area (Å²) in [4.78, 5) is 13.1. The second kappa shape index (κ2) is 59.1. The van der Waals surface area contributed by atoms with Crippen LogP contribution in [-0.4, -0.2) is 87.5 Å². The maximum Gasteiger partial charge on any atom is 0.220 e. The molecule has 0 spiro atoms. The van der Waals surface area contributed by atoms with Gasteiger partial charge in [0.15, 0.2) is 6.29 Å². The van der Waals surface area contributed by atoms with Gasteiger partial charge in [-0.25, -0.2) is 0 Å². The molecule has 1 saturated heterocycles. The Morgan fingerprint density at radius 3 is 1.14 bits per heavy atom. The van der Waals surface area contributed by atoms with Crippen LogP contribution in [0.1, 0.15) is 322 Å². The Morgan fingerprint density at radius 2 is 0.759 bits per heavy atom. The van der Waals surface area contributed by atoms with Gasteiger partial charge in [0.25, 0.3) is 0 Å². The summed E-state index contributed by atoms with van der Waals surface area (Å²) in [6.07, 6.45) is 74.9. The number of nitrogens with one attached hydrogen (secondary N) is 1. The number of carbonyl (C=O) groups excluding carboxylic acids is 1. The van der Waals surface area contributed by atoms with Gasteiger partial charge in [-0.3, -0.25) is 4.79 Å². The van der Waals surface area contributed by atoms with Gasteiger partial charge in [-0.1, -0.05) is 299 Å². The van der Waals surface area contributed by atoms with Crippen LogP contribution in [0.3, 0.4) is 0 Å². The van der Waals surface area contributed by atoms with Gasteiger partial charge in [0.1, 0.15) is 24.4 Å². The van der Waals surface area contributed by atoms with Crippen LogP contribution in [0.4, 0.5) is 0 Å². The third-order valence-electron chi connectivity index (χ3n) is 16.0. The van der Waals surface area contributed by atoms with E-state index in [-0.39, 0.29) is 12.5 Å². The molecule has 79 heavy (non-hydrogen) atoms. The van der Waals surface area contributed by atoms with Crippen LogP contribution in [0.2, 0.25) is 0 Å². The monoisotopic (exact) mass is 1110 g/mol. The molecule has 7 atom stereocenters. The van der Waals surface area contributed by atoms with Crippen molar-refractivity contribution in [3.8, 4) is 0 Å². The summed E-state index contributed by atoms with van der Waals surface area (Å²) in [5.41, 5.74) is 0. The number of aliphatic hydroxyl groups is 5. The van der Waals surface area contributed by atoms with Crippen LogP contribution in [0, 0.1) is 0 Å². The number of hydrogen-bond donors (Lipinski definition) is 6. The molecule has 0 aromatic rings. The summed E-state index contributed by atoms with van der Waals surface area (Å²) < 4.78 is 11.3. The van der Waals surface area contributed by atoms with Gasteiger partial charge in [0, 0.05) is 6.42 Å². The van der Waals surface area contributed by atoms with E-state index in [4.69, 9.17) is 9.47 Å². The summed E-state index contributed by atoms with van der Waals surface area (Å²) in [6.45, 7) is 3.75. The Kier molecular flexibility index (Phi) is 56.0. The number of rotatable bonds is 59. The molecule has 0 saturated carbocycles. The van der Waals surface area contributed by atoms with Crippen molar-refractivity contribution in [1.29, 1.82) is 0 Å². The average molecular weight is 1110 g/mol. The minimum atomic E-state index is -1.57. The quantitative estimate of drug-likeness (QED) is 0.0261. The number of ether oxygens (including phenoxy) is 2. The maximum absolute atomic E-state index is 13.1. The second-order valence-corrected chi connectivity index (χ2v) is 23.6. The molecule has 0 bridgehead atoms. The summed E-state index contributed by atoms with van der Waals surface area (Å²) in [6, 6.07) is -0.828. The van der Waals surface area contributed by atoms with Crippen LogP contribution in [-0.2, 0) is 14.3 Å². The molecule has 7 unspecified atom stereocenters. The highest BCUT2D eigenvalue weighted by Crippen LogP contribution is 2.23. The smallest absolute Gasteiger partial charge is 0.220 e. The van der Waals surface area contributed by atoms with Crippen molar-refractivity contribution < 1.29 is 39.8 Å². The Morgan fingerprint density at radius 1 is 0.430 bits per heavy atom. The van der Waals surface area contributed by atoms with Gasteiger partial charge >= 0.3 is 0 Å². The Hall–Kier alpha value is -2.11.